The summed E-state index contributed by atoms with van der Waals surface area (Å²) in [7, 11) is 0. The molecule has 5 heteroatoms. The molecule has 1 fully saturated rings. The normalized spacial score (nSPS) is 19.3. The number of hydrazone groups is 1. The average Bonchev–Trinajstić information content (AvgIpc) is 3.05. The van der Waals surface area contributed by atoms with Crippen LogP contribution in [0.5, 0.6) is 0 Å². The Bertz CT molecular complexity index is 1170. The Hall–Kier alpha value is -3.73. The van der Waals surface area contributed by atoms with E-state index in [1.807, 2.05) is 93.7 Å². The van der Waals surface area contributed by atoms with E-state index in [4.69, 9.17) is 0 Å². The minimum Gasteiger partial charge on any atom is -0.334 e. The van der Waals surface area contributed by atoms with Gasteiger partial charge in [0.25, 0.3) is 5.91 Å². The van der Waals surface area contributed by atoms with E-state index in [0.717, 1.165) is 27.8 Å². The third-order valence-electron chi connectivity index (χ3n) is 5.59. The molecule has 156 valence electrons. The van der Waals surface area contributed by atoms with Gasteiger partial charge in [0, 0.05) is 16.7 Å². The summed E-state index contributed by atoms with van der Waals surface area (Å²) in [5.74, 6) is -0.505. The van der Waals surface area contributed by atoms with Gasteiger partial charge < -0.3 is 5.32 Å². The van der Waals surface area contributed by atoms with Gasteiger partial charge in [0.15, 0.2) is 6.04 Å². The Labute approximate surface area is 182 Å². The topological polar surface area (TPSA) is 61.2 Å². The average molecular weight is 413 g/mol. The lowest BCUT2D eigenvalue weighted by Crippen LogP contribution is -2.42. The van der Waals surface area contributed by atoms with Crippen LogP contribution >= 0.6 is 0 Å². The van der Waals surface area contributed by atoms with Gasteiger partial charge in [-0.15, -0.1) is 10.1 Å². The van der Waals surface area contributed by atoms with Crippen molar-refractivity contribution in [3.05, 3.63) is 106 Å². The molecule has 2 N–H and O–H groups in total. The minimum absolute atomic E-state index is 0.239. The Balaban J connectivity index is 1.72. The molecule has 0 unspecified atom stereocenters. The first-order chi connectivity index (χ1) is 14.9. The second-order valence-corrected chi connectivity index (χ2v) is 8.05. The summed E-state index contributed by atoms with van der Waals surface area (Å²) in [6.45, 7) is 5.99. The monoisotopic (exact) mass is 412 g/mol. The Morgan fingerprint density at radius 2 is 1.68 bits per heavy atom. The molecule has 0 spiro atoms. The van der Waals surface area contributed by atoms with E-state index in [1.165, 1.54) is 0 Å². The quantitative estimate of drug-likeness (QED) is 0.643. The smallest absolute Gasteiger partial charge is 0.304 e. The molecule has 2 atom stereocenters. The van der Waals surface area contributed by atoms with E-state index in [1.54, 1.807) is 10.8 Å². The molecular weight excluding hydrogens is 386 g/mol. The highest BCUT2D eigenvalue weighted by atomic mass is 16.2. The zero-order chi connectivity index (χ0) is 22.0. The number of hydrogen-bond donors (Lipinski definition) is 2. The van der Waals surface area contributed by atoms with Crippen LogP contribution in [0.1, 0.15) is 44.2 Å². The third-order valence-corrected chi connectivity index (χ3v) is 5.59. The van der Waals surface area contributed by atoms with Crippen LogP contribution in [-0.2, 0) is 4.79 Å². The molecule has 5 nitrogen and oxygen atoms in total. The van der Waals surface area contributed by atoms with E-state index in [-0.39, 0.29) is 17.9 Å². The number of carbonyl (C=O) groups excluding carboxylic acids is 2. The Morgan fingerprint density at radius 3 is 2.39 bits per heavy atom. The fraction of sp³-hybridized carbons (Fsp3) is 0.192. The summed E-state index contributed by atoms with van der Waals surface area (Å²) in [6.07, 6.45) is 1.93. The molecule has 1 aliphatic heterocycles. The van der Waals surface area contributed by atoms with Crippen molar-refractivity contribution >= 4 is 18.0 Å². The molecule has 0 aromatic heterocycles. The van der Waals surface area contributed by atoms with Gasteiger partial charge in [0.1, 0.15) is 0 Å². The number of carbonyl (C=O) groups is 2. The van der Waals surface area contributed by atoms with Crippen molar-refractivity contribution in [1.29, 1.82) is 0 Å². The predicted molar refractivity (Wildman–Crippen MR) is 121 cm³/mol. The van der Waals surface area contributed by atoms with Crippen molar-refractivity contribution in [3.8, 4) is 0 Å². The zero-order valence-corrected chi connectivity index (χ0v) is 17.9. The number of aryl methyl sites for hydroxylation is 3. The molecule has 3 aromatic carbocycles. The SMILES string of the molecule is Cc1ccc([C@H]2[C@@H](NC(=O)c3cccc(C)c3)C(=O)N/[N+]2=C\c2ccccc2C)cc1. The first-order valence-electron chi connectivity index (χ1n) is 10.4. The highest BCUT2D eigenvalue weighted by Crippen LogP contribution is 2.26. The Morgan fingerprint density at radius 1 is 0.935 bits per heavy atom. The van der Waals surface area contributed by atoms with Crippen molar-refractivity contribution in [2.45, 2.75) is 32.9 Å². The van der Waals surface area contributed by atoms with E-state index < -0.39 is 6.04 Å². The molecule has 1 heterocycles. The van der Waals surface area contributed by atoms with Crippen LogP contribution in [0.3, 0.4) is 0 Å². The standard InChI is InChI=1S/C26H25N3O2/c1-17-11-13-20(14-12-17)24-23(27-25(30)21-10-6-7-18(2)15-21)26(31)28-29(24)16-22-9-5-4-8-19(22)3/h4-16,23-24H,1-3H3,(H-,27,28,30,31)/p+1/b29-16-/t23-,24+/m1/s1. The van der Waals surface area contributed by atoms with Gasteiger partial charge in [-0.1, -0.05) is 65.7 Å². The Kier molecular flexibility index (Phi) is 5.67. The molecule has 0 saturated carbocycles. The van der Waals surface area contributed by atoms with Gasteiger partial charge in [-0.3, -0.25) is 9.59 Å². The molecular formula is C26H26N3O2+. The van der Waals surface area contributed by atoms with Gasteiger partial charge in [0.2, 0.25) is 12.3 Å². The predicted octanol–water partition coefficient (Wildman–Crippen LogP) is 3.63. The molecule has 31 heavy (non-hydrogen) atoms. The largest absolute Gasteiger partial charge is 0.334 e. The summed E-state index contributed by atoms with van der Waals surface area (Å²) in [5, 5.41) is 2.95. The lowest BCUT2D eigenvalue weighted by molar-refractivity contribution is -0.596. The molecule has 1 aliphatic rings. The number of nitrogens with zero attached hydrogens (tertiary/aromatic N) is 1. The molecule has 0 radical (unpaired) electrons. The van der Waals surface area contributed by atoms with Gasteiger partial charge in [-0.2, -0.15) is 0 Å². The van der Waals surface area contributed by atoms with E-state index >= 15 is 0 Å². The molecule has 1 saturated heterocycles. The fourth-order valence-electron chi connectivity index (χ4n) is 3.84. The van der Waals surface area contributed by atoms with Crippen molar-refractivity contribution < 1.29 is 14.3 Å². The van der Waals surface area contributed by atoms with Gasteiger partial charge in [-0.05, 0) is 44.5 Å². The maximum Gasteiger partial charge on any atom is 0.304 e. The highest BCUT2D eigenvalue weighted by molar-refractivity contribution is 5.98. The molecule has 0 aliphatic carbocycles. The number of nitrogens with one attached hydrogen (secondary N) is 2. The molecule has 3 aromatic rings. The van der Waals surface area contributed by atoms with Crippen molar-refractivity contribution in [1.82, 2.24) is 10.7 Å². The van der Waals surface area contributed by atoms with Crippen molar-refractivity contribution in [3.63, 3.8) is 0 Å². The van der Waals surface area contributed by atoms with Crippen LogP contribution in [0.25, 0.3) is 0 Å². The van der Waals surface area contributed by atoms with E-state index in [0.29, 0.717) is 5.56 Å². The molecule has 2 amide bonds. The van der Waals surface area contributed by atoms with Crippen LogP contribution in [0, 0.1) is 20.8 Å². The number of amides is 2. The summed E-state index contributed by atoms with van der Waals surface area (Å²) in [5.41, 5.74) is 8.66. The molecule has 4 rings (SSSR count). The second kappa shape index (κ2) is 8.56. The first-order valence-corrected chi connectivity index (χ1v) is 10.4. The second-order valence-electron chi connectivity index (χ2n) is 8.05. The number of hydrogen-bond acceptors (Lipinski definition) is 2. The van der Waals surface area contributed by atoms with Crippen molar-refractivity contribution in [2.75, 3.05) is 0 Å². The number of hydrazine groups is 1. The molecule has 0 bridgehead atoms. The van der Waals surface area contributed by atoms with Crippen LogP contribution in [-0.4, -0.2) is 28.8 Å². The third kappa shape index (κ3) is 4.40. The zero-order valence-electron chi connectivity index (χ0n) is 17.9. The fourth-order valence-corrected chi connectivity index (χ4v) is 3.84. The first kappa shape index (κ1) is 20.5. The van der Waals surface area contributed by atoms with Crippen LogP contribution in [0.4, 0.5) is 0 Å². The van der Waals surface area contributed by atoms with Gasteiger partial charge >= 0.3 is 5.91 Å². The highest BCUT2D eigenvalue weighted by Gasteiger charge is 2.47. The maximum atomic E-state index is 13.0. The van der Waals surface area contributed by atoms with Crippen molar-refractivity contribution in [2.24, 2.45) is 0 Å². The van der Waals surface area contributed by atoms with Gasteiger partial charge in [-0.25, -0.2) is 0 Å². The summed E-state index contributed by atoms with van der Waals surface area (Å²) in [6, 6.07) is 22.3. The van der Waals surface area contributed by atoms with Crippen LogP contribution in [0.2, 0.25) is 0 Å². The van der Waals surface area contributed by atoms with Gasteiger partial charge in [0.05, 0.1) is 0 Å². The lowest BCUT2D eigenvalue weighted by atomic mass is 9.98. The van der Waals surface area contributed by atoms with E-state index in [2.05, 4.69) is 10.7 Å². The number of rotatable bonds is 4. The number of benzene rings is 3. The van der Waals surface area contributed by atoms with Crippen LogP contribution in [0.15, 0.2) is 72.8 Å². The maximum absolute atomic E-state index is 13.0. The van der Waals surface area contributed by atoms with E-state index in [9.17, 15) is 9.59 Å². The summed E-state index contributed by atoms with van der Waals surface area (Å²) < 4.78 is 1.80. The summed E-state index contributed by atoms with van der Waals surface area (Å²) in [4.78, 5) is 25.9. The van der Waals surface area contributed by atoms with Crippen LogP contribution < -0.4 is 10.7 Å². The lowest BCUT2D eigenvalue weighted by Gasteiger charge is -2.15. The minimum atomic E-state index is -0.726. The summed E-state index contributed by atoms with van der Waals surface area (Å²) >= 11 is 0.